The third-order valence-corrected chi connectivity index (χ3v) is 5.88. The van der Waals surface area contributed by atoms with Crippen molar-refractivity contribution in [2.24, 2.45) is 5.92 Å². The van der Waals surface area contributed by atoms with Crippen molar-refractivity contribution in [3.63, 3.8) is 0 Å². The van der Waals surface area contributed by atoms with E-state index in [0.29, 0.717) is 6.07 Å². The molecule has 1 aromatic heterocycles. The van der Waals surface area contributed by atoms with Gasteiger partial charge in [-0.2, -0.15) is 13.2 Å². The number of nitrogens with one attached hydrogen (secondary N) is 2. The first-order valence-corrected chi connectivity index (χ1v) is 9.45. The second-order valence-electron chi connectivity index (χ2n) is 5.44. The molecular weight excluding hydrogens is 377 g/mol. The fraction of sp³-hybridized carbons (Fsp3) is 0.267. The van der Waals surface area contributed by atoms with E-state index in [1.54, 1.807) is 13.8 Å². The topological polar surface area (TPSA) is 75.3 Å². The minimum Gasteiger partial charge on any atom is -0.326 e. The van der Waals surface area contributed by atoms with E-state index in [0.717, 1.165) is 17.4 Å². The van der Waals surface area contributed by atoms with Crippen LogP contribution in [0.25, 0.3) is 0 Å². The largest absolute Gasteiger partial charge is 0.418 e. The molecule has 0 saturated carbocycles. The molecule has 136 valence electrons. The summed E-state index contributed by atoms with van der Waals surface area (Å²) in [5, 5.41) is 3.86. The Balaban J connectivity index is 2.40. The number of carbonyl (C=O) groups is 1. The molecule has 5 nitrogen and oxygen atoms in total. The van der Waals surface area contributed by atoms with Crippen molar-refractivity contribution in [3.05, 3.63) is 41.3 Å². The normalized spacial score (nSPS) is 12.2. The Morgan fingerprint density at radius 3 is 2.40 bits per heavy atom. The standard InChI is InChI=1S/C15H15F3N2O3S2/c1-9(2)14(21)19-10-5-6-12(11(8-10)15(16,17)18)20-25(22,23)13-4-3-7-24-13/h3-9,20H,1-2H3,(H,19,21). The number of benzene rings is 1. The van der Waals surface area contributed by atoms with Gasteiger partial charge in [0.15, 0.2) is 0 Å². The predicted octanol–water partition coefficient (Wildman–Crippen LogP) is 4.16. The zero-order chi connectivity index (χ0) is 18.8. The van der Waals surface area contributed by atoms with Gasteiger partial charge in [-0.25, -0.2) is 8.42 Å². The van der Waals surface area contributed by atoms with E-state index in [4.69, 9.17) is 0 Å². The lowest BCUT2D eigenvalue weighted by Crippen LogP contribution is -2.20. The average Bonchev–Trinajstić information content (AvgIpc) is 3.02. The van der Waals surface area contributed by atoms with Gasteiger partial charge >= 0.3 is 6.18 Å². The molecule has 2 rings (SSSR count). The number of sulfonamides is 1. The van der Waals surface area contributed by atoms with E-state index in [-0.39, 0.29) is 9.90 Å². The monoisotopic (exact) mass is 392 g/mol. The first-order valence-electron chi connectivity index (χ1n) is 7.09. The zero-order valence-electron chi connectivity index (χ0n) is 13.2. The molecule has 0 bridgehead atoms. The summed E-state index contributed by atoms with van der Waals surface area (Å²) in [5.74, 6) is -0.855. The molecular formula is C15H15F3N2O3S2. The van der Waals surface area contributed by atoms with Crippen LogP contribution in [-0.2, 0) is 21.0 Å². The molecule has 0 aliphatic rings. The number of halogens is 3. The summed E-state index contributed by atoms with van der Waals surface area (Å²) in [6, 6.07) is 5.66. The number of rotatable bonds is 5. The number of hydrogen-bond donors (Lipinski definition) is 2. The van der Waals surface area contributed by atoms with Gasteiger partial charge in [0.25, 0.3) is 10.0 Å². The van der Waals surface area contributed by atoms with Crippen molar-refractivity contribution in [1.82, 2.24) is 0 Å². The number of anilines is 2. The van der Waals surface area contributed by atoms with E-state index in [9.17, 15) is 26.4 Å². The van der Waals surface area contributed by atoms with Gasteiger partial charge in [0.1, 0.15) is 4.21 Å². The van der Waals surface area contributed by atoms with Crippen LogP contribution in [0.4, 0.5) is 24.5 Å². The summed E-state index contributed by atoms with van der Waals surface area (Å²) in [6.45, 7) is 3.20. The molecule has 2 N–H and O–H groups in total. The molecule has 10 heteroatoms. The summed E-state index contributed by atoms with van der Waals surface area (Å²) in [6.07, 6.45) is -4.80. The van der Waals surface area contributed by atoms with Gasteiger partial charge in [-0.1, -0.05) is 19.9 Å². The first kappa shape index (κ1) is 19.3. The highest BCUT2D eigenvalue weighted by Gasteiger charge is 2.35. The van der Waals surface area contributed by atoms with E-state index < -0.39 is 39.3 Å². The van der Waals surface area contributed by atoms with Crippen LogP contribution < -0.4 is 10.0 Å². The van der Waals surface area contributed by atoms with Crippen LogP contribution in [0.1, 0.15) is 19.4 Å². The van der Waals surface area contributed by atoms with Crippen LogP contribution in [0.3, 0.4) is 0 Å². The van der Waals surface area contributed by atoms with Crippen molar-refractivity contribution in [1.29, 1.82) is 0 Å². The van der Waals surface area contributed by atoms with Crippen molar-refractivity contribution in [2.45, 2.75) is 24.2 Å². The Labute approximate surface area is 146 Å². The van der Waals surface area contributed by atoms with Gasteiger partial charge in [0, 0.05) is 11.6 Å². The summed E-state index contributed by atoms with van der Waals surface area (Å²) in [4.78, 5) is 11.6. The molecule has 0 aliphatic carbocycles. The van der Waals surface area contributed by atoms with Crippen LogP contribution in [0.15, 0.2) is 39.9 Å². The SMILES string of the molecule is CC(C)C(=O)Nc1ccc(NS(=O)(=O)c2cccs2)c(C(F)(F)F)c1. The lowest BCUT2D eigenvalue weighted by atomic mass is 10.1. The molecule has 2 aromatic rings. The van der Waals surface area contributed by atoms with E-state index in [2.05, 4.69) is 5.32 Å². The molecule has 1 aromatic carbocycles. The highest BCUT2D eigenvalue weighted by molar-refractivity contribution is 7.94. The summed E-state index contributed by atoms with van der Waals surface area (Å²) in [5.41, 5.74) is -1.86. The summed E-state index contributed by atoms with van der Waals surface area (Å²) in [7, 11) is -4.12. The van der Waals surface area contributed by atoms with E-state index in [1.807, 2.05) is 4.72 Å². The number of thiophene rings is 1. The maximum Gasteiger partial charge on any atom is 0.418 e. The van der Waals surface area contributed by atoms with Crippen molar-refractivity contribution >= 4 is 38.6 Å². The van der Waals surface area contributed by atoms with Crippen LogP contribution in [-0.4, -0.2) is 14.3 Å². The lowest BCUT2D eigenvalue weighted by Gasteiger charge is -2.16. The van der Waals surface area contributed by atoms with Gasteiger partial charge < -0.3 is 5.32 Å². The molecule has 0 radical (unpaired) electrons. The highest BCUT2D eigenvalue weighted by Crippen LogP contribution is 2.37. The fourth-order valence-corrected chi connectivity index (χ4v) is 3.92. The minimum atomic E-state index is -4.80. The number of carbonyl (C=O) groups excluding carboxylic acids is 1. The molecule has 0 saturated heterocycles. The van der Waals surface area contributed by atoms with Crippen molar-refractivity contribution < 1.29 is 26.4 Å². The van der Waals surface area contributed by atoms with Crippen LogP contribution in [0.5, 0.6) is 0 Å². The lowest BCUT2D eigenvalue weighted by molar-refractivity contribution is -0.137. The Hall–Kier alpha value is -2.07. The molecule has 0 atom stereocenters. The molecule has 1 heterocycles. The minimum absolute atomic E-state index is 0.0647. The van der Waals surface area contributed by atoms with E-state index in [1.165, 1.54) is 23.6 Å². The zero-order valence-corrected chi connectivity index (χ0v) is 14.8. The van der Waals surface area contributed by atoms with Gasteiger partial charge in [-0.3, -0.25) is 9.52 Å². The van der Waals surface area contributed by atoms with Gasteiger partial charge in [-0.15, -0.1) is 11.3 Å². The molecule has 0 fully saturated rings. The predicted molar refractivity (Wildman–Crippen MR) is 90.0 cm³/mol. The summed E-state index contributed by atoms with van der Waals surface area (Å²) >= 11 is 0.889. The Morgan fingerprint density at radius 2 is 1.88 bits per heavy atom. The number of alkyl halides is 3. The van der Waals surface area contributed by atoms with Crippen molar-refractivity contribution in [3.8, 4) is 0 Å². The molecule has 1 amide bonds. The van der Waals surface area contributed by atoms with E-state index >= 15 is 0 Å². The maximum atomic E-state index is 13.3. The van der Waals surface area contributed by atoms with Crippen LogP contribution in [0.2, 0.25) is 0 Å². The Kier molecular flexibility index (Phi) is 5.43. The van der Waals surface area contributed by atoms with Gasteiger partial charge in [-0.05, 0) is 29.6 Å². The van der Waals surface area contributed by atoms with Crippen LogP contribution >= 0.6 is 11.3 Å². The average molecular weight is 392 g/mol. The van der Waals surface area contributed by atoms with Gasteiger partial charge in [0.05, 0.1) is 11.3 Å². The van der Waals surface area contributed by atoms with Crippen molar-refractivity contribution in [2.75, 3.05) is 10.0 Å². The molecule has 0 spiro atoms. The Bertz CT molecular complexity index is 861. The second-order valence-corrected chi connectivity index (χ2v) is 8.30. The second kappa shape index (κ2) is 7.04. The third-order valence-electron chi connectivity index (χ3n) is 3.12. The smallest absolute Gasteiger partial charge is 0.326 e. The fourth-order valence-electron chi connectivity index (χ4n) is 1.84. The molecule has 0 unspecified atom stereocenters. The first-order chi connectivity index (χ1) is 11.5. The summed E-state index contributed by atoms with van der Waals surface area (Å²) < 4.78 is 66.1. The third kappa shape index (κ3) is 4.73. The molecule has 0 aliphatic heterocycles. The molecule has 25 heavy (non-hydrogen) atoms. The Morgan fingerprint density at radius 1 is 1.20 bits per heavy atom. The van der Waals surface area contributed by atoms with Gasteiger partial charge in [0.2, 0.25) is 5.91 Å². The highest BCUT2D eigenvalue weighted by atomic mass is 32.2. The quantitative estimate of drug-likeness (QED) is 0.802. The maximum absolute atomic E-state index is 13.3. The van der Waals surface area contributed by atoms with Crippen LogP contribution in [0, 0.1) is 5.92 Å². The number of hydrogen-bond acceptors (Lipinski definition) is 4. The number of amides is 1.